The topological polar surface area (TPSA) is 67.6 Å². The lowest BCUT2D eigenvalue weighted by Crippen LogP contribution is -2.02. The summed E-state index contributed by atoms with van der Waals surface area (Å²) in [5.74, 6) is 0.631. The van der Waals surface area contributed by atoms with Crippen molar-refractivity contribution in [2.24, 2.45) is 0 Å². The molecule has 3 heterocycles. The van der Waals surface area contributed by atoms with Crippen LogP contribution in [0.15, 0.2) is 199 Å². The zero-order valence-corrected chi connectivity index (χ0v) is 31.2. The third kappa shape index (κ3) is 5.47. The fourth-order valence-corrected chi connectivity index (χ4v) is 8.33. The molecule has 0 aliphatic heterocycles. The summed E-state index contributed by atoms with van der Waals surface area (Å²) in [7, 11) is 0. The molecule has 270 valence electrons. The Morgan fingerprint density at radius 3 is 1.64 bits per heavy atom. The summed E-state index contributed by atoms with van der Waals surface area (Å²) >= 11 is 0. The zero-order valence-electron chi connectivity index (χ0n) is 31.2. The maximum Gasteiger partial charge on any atom is 0.180 e. The van der Waals surface area contributed by atoms with Gasteiger partial charge < -0.3 is 8.98 Å². The second kappa shape index (κ2) is 13.6. The van der Waals surface area contributed by atoms with E-state index < -0.39 is 0 Å². The lowest BCUT2D eigenvalue weighted by molar-refractivity contribution is 0.667. The number of furan rings is 1. The van der Waals surface area contributed by atoms with Crippen molar-refractivity contribution in [3.8, 4) is 67.8 Å². The van der Waals surface area contributed by atoms with Gasteiger partial charge >= 0.3 is 0 Å². The largest absolute Gasteiger partial charge is 0.452 e. The van der Waals surface area contributed by atoms with E-state index in [0.29, 0.717) is 22.7 Å². The first-order valence-corrected chi connectivity index (χ1v) is 19.3. The number of fused-ring (bicyclic) bond motifs is 6. The van der Waals surface area contributed by atoms with Crippen LogP contribution in [0, 0.1) is 11.3 Å². The van der Waals surface area contributed by atoms with Gasteiger partial charge in [-0.1, -0.05) is 140 Å². The minimum absolute atomic E-state index is 0.617. The quantitative estimate of drug-likeness (QED) is 0.170. The molecule has 0 saturated heterocycles. The minimum atomic E-state index is 0.617. The van der Waals surface area contributed by atoms with Crippen LogP contribution in [0.1, 0.15) is 5.56 Å². The monoisotopic (exact) mass is 740 g/mol. The minimum Gasteiger partial charge on any atom is -0.452 e. The van der Waals surface area contributed by atoms with Gasteiger partial charge in [-0.3, -0.25) is 0 Å². The van der Waals surface area contributed by atoms with E-state index >= 15 is 0 Å². The molecule has 0 bridgehead atoms. The SMILES string of the molecule is N#Cc1ccc2c(c1)c1cc(-c3ccccc3)ccc1n2-c1c(-c2ccccc2)cc(-c2nc(-c3ccccc3)nc3c2oc2ccccc23)cc1-c1ccccc1. The number of hydrogen-bond donors (Lipinski definition) is 0. The molecule has 0 saturated carbocycles. The van der Waals surface area contributed by atoms with Gasteiger partial charge in [-0.15, -0.1) is 0 Å². The highest BCUT2D eigenvalue weighted by atomic mass is 16.3. The summed E-state index contributed by atoms with van der Waals surface area (Å²) in [6.45, 7) is 0. The van der Waals surface area contributed by atoms with Crippen LogP contribution in [0.5, 0.6) is 0 Å². The fourth-order valence-electron chi connectivity index (χ4n) is 8.33. The van der Waals surface area contributed by atoms with Crippen LogP contribution >= 0.6 is 0 Å². The molecule has 5 heteroatoms. The van der Waals surface area contributed by atoms with E-state index in [0.717, 1.165) is 88.5 Å². The molecule has 5 nitrogen and oxygen atoms in total. The van der Waals surface area contributed by atoms with Crippen LogP contribution < -0.4 is 0 Å². The molecule has 0 fully saturated rings. The van der Waals surface area contributed by atoms with Crippen LogP contribution in [0.3, 0.4) is 0 Å². The zero-order chi connectivity index (χ0) is 38.6. The van der Waals surface area contributed by atoms with E-state index in [-0.39, 0.29) is 0 Å². The van der Waals surface area contributed by atoms with Crippen molar-refractivity contribution in [2.45, 2.75) is 0 Å². The Balaban J connectivity index is 1.28. The van der Waals surface area contributed by atoms with Gasteiger partial charge in [0.1, 0.15) is 16.8 Å². The number of para-hydroxylation sites is 1. The van der Waals surface area contributed by atoms with Crippen molar-refractivity contribution in [3.05, 3.63) is 200 Å². The average Bonchev–Trinajstić information content (AvgIpc) is 3.84. The molecule has 0 spiro atoms. The van der Waals surface area contributed by atoms with Crippen LogP contribution in [0.4, 0.5) is 0 Å². The van der Waals surface area contributed by atoms with E-state index in [9.17, 15) is 5.26 Å². The molecule has 0 aliphatic carbocycles. The Morgan fingerprint density at radius 1 is 0.448 bits per heavy atom. The van der Waals surface area contributed by atoms with Gasteiger partial charge in [0, 0.05) is 38.4 Å². The van der Waals surface area contributed by atoms with Crippen LogP contribution in [-0.4, -0.2) is 14.5 Å². The molecule has 0 aliphatic rings. The summed E-state index contributed by atoms with van der Waals surface area (Å²) in [5.41, 5.74) is 14.8. The molecular formula is C53H32N4O. The summed E-state index contributed by atoms with van der Waals surface area (Å²) in [5, 5.41) is 13.1. The number of hydrogen-bond acceptors (Lipinski definition) is 4. The molecule has 0 unspecified atom stereocenters. The summed E-state index contributed by atoms with van der Waals surface area (Å²) in [4.78, 5) is 10.4. The Morgan fingerprint density at radius 2 is 1.00 bits per heavy atom. The van der Waals surface area contributed by atoms with Gasteiger partial charge in [0.05, 0.1) is 28.4 Å². The van der Waals surface area contributed by atoms with Crippen LogP contribution in [-0.2, 0) is 0 Å². The number of aromatic nitrogens is 3. The average molecular weight is 741 g/mol. The van der Waals surface area contributed by atoms with Crippen LogP contribution in [0.2, 0.25) is 0 Å². The Labute approximate surface area is 334 Å². The molecule has 0 amide bonds. The Kier molecular flexibility index (Phi) is 7.80. The third-order valence-electron chi connectivity index (χ3n) is 11.0. The summed E-state index contributed by atoms with van der Waals surface area (Å²) < 4.78 is 9.03. The molecule has 3 aromatic heterocycles. The fraction of sp³-hybridized carbons (Fsp3) is 0. The Bertz CT molecular complexity index is 3320. The first-order chi connectivity index (χ1) is 28.7. The third-order valence-corrected chi connectivity index (χ3v) is 11.0. The van der Waals surface area contributed by atoms with E-state index in [1.165, 1.54) is 0 Å². The second-order valence-corrected chi connectivity index (χ2v) is 14.5. The highest BCUT2D eigenvalue weighted by molar-refractivity contribution is 6.13. The van der Waals surface area contributed by atoms with Gasteiger partial charge in [0.25, 0.3) is 0 Å². The normalized spacial score (nSPS) is 11.4. The smallest absolute Gasteiger partial charge is 0.180 e. The van der Waals surface area contributed by atoms with Gasteiger partial charge in [-0.25, -0.2) is 9.97 Å². The standard InChI is InChI=1S/C53H32N4O/c54-33-34-25-27-46-44(29-34)45-30-39(35-15-5-1-6-16-35)26-28-47(45)57(46)51-42(36-17-7-2-8-18-36)31-40(32-43(51)37-19-9-3-10-20-37)49-52-50(41-23-13-14-24-48(41)58-52)56-53(55-49)38-21-11-4-12-22-38/h1-32H. The lowest BCUT2D eigenvalue weighted by Gasteiger charge is -2.21. The van der Waals surface area contributed by atoms with Gasteiger partial charge in [0.15, 0.2) is 11.4 Å². The first kappa shape index (κ1) is 33.3. The van der Waals surface area contributed by atoms with Gasteiger partial charge in [-0.05, 0) is 76.9 Å². The molecule has 11 aromatic rings. The second-order valence-electron chi connectivity index (χ2n) is 14.5. The highest BCUT2D eigenvalue weighted by Gasteiger charge is 2.25. The number of rotatable bonds is 6. The van der Waals surface area contributed by atoms with Gasteiger partial charge in [0.2, 0.25) is 0 Å². The van der Waals surface area contributed by atoms with Crippen molar-refractivity contribution >= 4 is 43.9 Å². The summed E-state index contributed by atoms with van der Waals surface area (Å²) in [6.07, 6.45) is 0. The van der Waals surface area contributed by atoms with E-state index in [1.807, 2.05) is 66.7 Å². The van der Waals surface area contributed by atoms with E-state index in [4.69, 9.17) is 14.4 Å². The first-order valence-electron chi connectivity index (χ1n) is 19.3. The van der Waals surface area contributed by atoms with Crippen molar-refractivity contribution in [1.82, 2.24) is 14.5 Å². The highest BCUT2D eigenvalue weighted by Crippen LogP contribution is 2.46. The predicted octanol–water partition coefficient (Wildman–Crippen LogP) is 13.7. The molecule has 58 heavy (non-hydrogen) atoms. The predicted molar refractivity (Wildman–Crippen MR) is 236 cm³/mol. The molecule has 0 N–H and O–H groups in total. The number of nitriles is 1. The van der Waals surface area contributed by atoms with Gasteiger partial charge in [-0.2, -0.15) is 5.26 Å². The summed E-state index contributed by atoms with van der Waals surface area (Å²) in [6, 6.07) is 69.3. The molecule has 0 radical (unpaired) electrons. The van der Waals surface area contributed by atoms with E-state index in [2.05, 4.69) is 138 Å². The maximum absolute atomic E-state index is 10.1. The maximum atomic E-state index is 10.1. The number of nitrogens with zero attached hydrogens (tertiary/aromatic N) is 4. The van der Waals surface area contributed by atoms with Crippen molar-refractivity contribution in [1.29, 1.82) is 5.26 Å². The molecule has 0 atom stereocenters. The van der Waals surface area contributed by atoms with Crippen molar-refractivity contribution in [2.75, 3.05) is 0 Å². The van der Waals surface area contributed by atoms with Crippen LogP contribution in [0.25, 0.3) is 106 Å². The molecular weight excluding hydrogens is 709 g/mol. The lowest BCUT2D eigenvalue weighted by atomic mass is 9.91. The van der Waals surface area contributed by atoms with Crippen molar-refractivity contribution in [3.63, 3.8) is 0 Å². The molecule has 11 rings (SSSR count). The Hall–Kier alpha value is -8.07. The van der Waals surface area contributed by atoms with Crippen molar-refractivity contribution < 1.29 is 4.42 Å². The molecule has 8 aromatic carbocycles. The van der Waals surface area contributed by atoms with E-state index in [1.54, 1.807) is 0 Å². The number of benzene rings is 8.